The van der Waals surface area contributed by atoms with Gasteiger partial charge in [0.1, 0.15) is 0 Å². The van der Waals surface area contributed by atoms with Crippen LogP contribution >= 0.6 is 43.6 Å². The molecule has 1 aliphatic carbocycles. The number of halogens is 2. The first-order valence-electron chi connectivity index (χ1n) is 8.56. The number of allylic oxidation sites excluding steroid dienone is 1. The van der Waals surface area contributed by atoms with Crippen molar-refractivity contribution in [3.63, 3.8) is 0 Å². The Morgan fingerprint density at radius 3 is 2.31 bits per heavy atom. The first-order valence-corrected chi connectivity index (χ1v) is 11.0. The molecule has 0 saturated heterocycles. The van der Waals surface area contributed by atoms with Crippen LogP contribution < -0.4 is 5.73 Å². The van der Waals surface area contributed by atoms with Gasteiger partial charge in [0.25, 0.3) is 0 Å². The third-order valence-corrected chi connectivity index (χ3v) is 6.84. The fourth-order valence-corrected chi connectivity index (χ4v) is 5.03. The number of thioether (sulfide) groups is 1. The van der Waals surface area contributed by atoms with Crippen molar-refractivity contribution in [2.75, 3.05) is 0 Å². The van der Waals surface area contributed by atoms with E-state index in [0.29, 0.717) is 5.17 Å². The number of hydrogen-bond donors (Lipinski definition) is 1. The van der Waals surface area contributed by atoms with E-state index in [0.717, 1.165) is 33.9 Å². The zero-order valence-electron chi connectivity index (χ0n) is 14.1. The highest BCUT2D eigenvalue weighted by Crippen LogP contribution is 2.48. The van der Waals surface area contributed by atoms with Crippen LogP contribution in [0.5, 0.6) is 0 Å². The van der Waals surface area contributed by atoms with Crippen LogP contribution in [-0.2, 0) is 0 Å². The standard InChI is InChI=1S/C21H18Br2N2S/c22-16-8-4-13(5-9-16)12-15-2-1-3-18-19(15)25-21(24)26-20(18)14-6-10-17(23)11-7-14/h4-12,20H,1-3H2,(H2,24,25)/b15-12+/t20-/m1/s1. The molecule has 0 fully saturated rings. The van der Waals surface area contributed by atoms with Crippen molar-refractivity contribution in [3.8, 4) is 0 Å². The van der Waals surface area contributed by atoms with Crippen molar-refractivity contribution < 1.29 is 0 Å². The highest BCUT2D eigenvalue weighted by atomic mass is 79.9. The molecular formula is C21H18Br2N2S. The molecule has 1 aliphatic heterocycles. The molecule has 2 N–H and O–H groups in total. The van der Waals surface area contributed by atoms with Crippen LogP contribution in [-0.4, -0.2) is 5.17 Å². The van der Waals surface area contributed by atoms with Crippen LogP contribution in [0.15, 0.2) is 79.3 Å². The molecule has 0 bridgehead atoms. The first-order chi connectivity index (χ1) is 12.6. The predicted molar refractivity (Wildman–Crippen MR) is 119 cm³/mol. The topological polar surface area (TPSA) is 38.4 Å². The second-order valence-corrected chi connectivity index (χ2v) is 9.40. The van der Waals surface area contributed by atoms with Crippen LogP contribution in [0.2, 0.25) is 0 Å². The van der Waals surface area contributed by atoms with Crippen molar-refractivity contribution >= 4 is 54.9 Å². The summed E-state index contributed by atoms with van der Waals surface area (Å²) in [4.78, 5) is 4.74. The van der Waals surface area contributed by atoms with E-state index >= 15 is 0 Å². The Bertz CT molecular complexity index is 912. The lowest BCUT2D eigenvalue weighted by atomic mass is 9.87. The fraction of sp³-hybridized carbons (Fsp3) is 0.190. The summed E-state index contributed by atoms with van der Waals surface area (Å²) in [7, 11) is 0. The number of nitrogens with two attached hydrogens (primary N) is 1. The minimum Gasteiger partial charge on any atom is -0.378 e. The van der Waals surface area contributed by atoms with Crippen molar-refractivity contribution in [2.45, 2.75) is 24.5 Å². The molecule has 2 aromatic rings. The van der Waals surface area contributed by atoms with Gasteiger partial charge in [0.05, 0.1) is 10.9 Å². The van der Waals surface area contributed by atoms with Crippen LogP contribution in [0.1, 0.15) is 35.6 Å². The number of amidine groups is 1. The first kappa shape index (κ1) is 18.1. The molecule has 1 heterocycles. The van der Waals surface area contributed by atoms with E-state index in [1.807, 2.05) is 0 Å². The normalized spacial score (nSPS) is 21.5. The van der Waals surface area contributed by atoms with Crippen LogP contribution in [0.25, 0.3) is 6.08 Å². The molecule has 5 heteroatoms. The fourth-order valence-electron chi connectivity index (χ4n) is 3.45. The Morgan fingerprint density at radius 2 is 1.62 bits per heavy atom. The Hall–Kier alpha value is -1.30. The zero-order valence-corrected chi connectivity index (χ0v) is 18.1. The average Bonchev–Trinajstić information content (AvgIpc) is 2.64. The molecule has 4 rings (SSSR count). The van der Waals surface area contributed by atoms with Gasteiger partial charge < -0.3 is 5.73 Å². The molecule has 2 aliphatic rings. The second kappa shape index (κ2) is 7.75. The van der Waals surface area contributed by atoms with Crippen LogP contribution in [0.3, 0.4) is 0 Å². The highest BCUT2D eigenvalue weighted by Gasteiger charge is 2.30. The number of nitrogens with zero attached hydrogens (tertiary/aromatic N) is 1. The Labute approximate surface area is 174 Å². The summed E-state index contributed by atoms with van der Waals surface area (Å²) in [5, 5.41) is 0.907. The number of rotatable bonds is 2. The predicted octanol–water partition coefficient (Wildman–Crippen LogP) is 6.84. The summed E-state index contributed by atoms with van der Waals surface area (Å²) < 4.78 is 2.19. The summed E-state index contributed by atoms with van der Waals surface area (Å²) in [5.74, 6) is 0. The van der Waals surface area contributed by atoms with Crippen LogP contribution in [0, 0.1) is 0 Å². The lowest BCUT2D eigenvalue weighted by molar-refractivity contribution is 0.736. The summed E-state index contributed by atoms with van der Waals surface area (Å²) in [6.45, 7) is 0. The molecular weight excluding hydrogens is 472 g/mol. The number of benzene rings is 2. The van der Waals surface area contributed by atoms with Crippen molar-refractivity contribution in [1.82, 2.24) is 0 Å². The van der Waals surface area contributed by atoms with Gasteiger partial charge in [-0.15, -0.1) is 0 Å². The molecule has 0 saturated carbocycles. The second-order valence-electron chi connectivity index (χ2n) is 6.45. The summed E-state index contributed by atoms with van der Waals surface area (Å²) in [5.41, 5.74) is 12.5. The van der Waals surface area contributed by atoms with E-state index in [1.165, 1.54) is 22.3 Å². The van der Waals surface area contributed by atoms with E-state index in [1.54, 1.807) is 11.8 Å². The van der Waals surface area contributed by atoms with E-state index in [-0.39, 0.29) is 5.25 Å². The van der Waals surface area contributed by atoms with Crippen molar-refractivity contribution in [2.24, 2.45) is 10.7 Å². The van der Waals surface area contributed by atoms with E-state index in [9.17, 15) is 0 Å². The number of hydrogen-bond acceptors (Lipinski definition) is 3. The SMILES string of the molecule is NC1=NC2=C(CCC/C2=C\c2ccc(Br)cc2)[C@@H](c2ccc(Br)cc2)S1. The summed E-state index contributed by atoms with van der Waals surface area (Å²) in [6, 6.07) is 17.0. The zero-order chi connectivity index (χ0) is 18.1. The third kappa shape index (κ3) is 3.85. The minimum atomic E-state index is 0.254. The van der Waals surface area contributed by atoms with Crippen molar-refractivity contribution in [1.29, 1.82) is 0 Å². The molecule has 1 atom stereocenters. The Balaban J connectivity index is 1.76. The molecule has 0 unspecified atom stereocenters. The van der Waals surface area contributed by atoms with Gasteiger partial charge in [-0.05, 0) is 71.9 Å². The maximum Gasteiger partial charge on any atom is 0.160 e. The van der Waals surface area contributed by atoms with Crippen molar-refractivity contribution in [3.05, 3.63) is 85.4 Å². The minimum absolute atomic E-state index is 0.254. The highest BCUT2D eigenvalue weighted by molar-refractivity contribution is 9.10. The molecule has 0 radical (unpaired) electrons. The molecule has 2 aromatic carbocycles. The van der Waals surface area contributed by atoms with Crippen LogP contribution in [0.4, 0.5) is 0 Å². The molecule has 0 aromatic heterocycles. The molecule has 132 valence electrons. The average molecular weight is 490 g/mol. The molecule has 0 amide bonds. The maximum atomic E-state index is 6.21. The Kier molecular flexibility index (Phi) is 5.39. The summed E-state index contributed by atoms with van der Waals surface area (Å²) in [6.07, 6.45) is 5.54. The molecule has 0 spiro atoms. The lowest BCUT2D eigenvalue weighted by Crippen LogP contribution is -2.19. The molecule has 26 heavy (non-hydrogen) atoms. The monoisotopic (exact) mass is 488 g/mol. The third-order valence-electron chi connectivity index (χ3n) is 4.66. The maximum absolute atomic E-state index is 6.21. The van der Waals surface area contributed by atoms with Gasteiger partial charge in [-0.2, -0.15) is 0 Å². The van der Waals surface area contributed by atoms with Gasteiger partial charge in [0, 0.05) is 8.95 Å². The van der Waals surface area contributed by atoms with Gasteiger partial charge in [-0.3, -0.25) is 0 Å². The largest absolute Gasteiger partial charge is 0.378 e. The smallest absolute Gasteiger partial charge is 0.160 e. The van der Waals surface area contributed by atoms with E-state index in [4.69, 9.17) is 10.7 Å². The number of aliphatic imine (C=N–C) groups is 1. The van der Waals surface area contributed by atoms with Gasteiger partial charge >= 0.3 is 0 Å². The van der Waals surface area contributed by atoms with E-state index in [2.05, 4.69) is 86.5 Å². The summed E-state index contributed by atoms with van der Waals surface area (Å²) >= 11 is 8.68. The lowest BCUT2D eigenvalue weighted by Gasteiger charge is -2.30. The van der Waals surface area contributed by atoms with Gasteiger partial charge in [0.2, 0.25) is 0 Å². The quantitative estimate of drug-likeness (QED) is 0.501. The van der Waals surface area contributed by atoms with E-state index < -0.39 is 0 Å². The van der Waals surface area contributed by atoms with Gasteiger partial charge in [-0.1, -0.05) is 67.9 Å². The Morgan fingerprint density at radius 1 is 0.962 bits per heavy atom. The molecule has 2 nitrogen and oxygen atoms in total. The van der Waals surface area contributed by atoms with Gasteiger partial charge in [0.15, 0.2) is 5.17 Å². The van der Waals surface area contributed by atoms with Gasteiger partial charge in [-0.25, -0.2) is 4.99 Å².